The molecule has 274 valence electrons. The molecule has 0 atom stereocenters. The summed E-state index contributed by atoms with van der Waals surface area (Å²) in [6, 6.07) is 3.59. The van der Waals surface area contributed by atoms with Crippen LogP contribution in [0.1, 0.15) is 189 Å². The Morgan fingerprint density at radius 3 is 1.35 bits per heavy atom. The molecule has 1 aromatic rings. The molecule has 1 rings (SSSR count). The largest absolute Gasteiger partial charge is 1.00 e. The van der Waals surface area contributed by atoms with Gasteiger partial charge in [0, 0.05) is 0 Å². The summed E-state index contributed by atoms with van der Waals surface area (Å²) >= 11 is 0. The second kappa shape index (κ2) is 32.5. The normalized spacial score (nSPS) is 11.7. The molecule has 0 heterocycles. The summed E-state index contributed by atoms with van der Waals surface area (Å²) in [7, 11) is -5.01. The molecule has 0 bridgehead atoms. The summed E-state index contributed by atoms with van der Waals surface area (Å²) in [6.07, 6.45) is 36.1. The first-order valence-corrected chi connectivity index (χ1v) is 20.5. The van der Waals surface area contributed by atoms with E-state index in [1.807, 2.05) is 0 Å². The van der Waals surface area contributed by atoms with Gasteiger partial charge in [-0.05, 0) is 76.3 Å². The van der Waals surface area contributed by atoms with Gasteiger partial charge in [-0.2, -0.15) is 0 Å². The maximum atomic E-state index is 12.9. The molecule has 1 aromatic carbocycles. The molecule has 0 saturated heterocycles. The smallest absolute Gasteiger partial charge is 0.744 e. The van der Waals surface area contributed by atoms with Crippen molar-refractivity contribution in [1.82, 2.24) is 0 Å². The Hall–Kier alpha value is -1.45. The summed E-state index contributed by atoms with van der Waals surface area (Å²) in [6.45, 7) is 4.69. The topological polar surface area (TPSA) is 110 Å². The third kappa shape index (κ3) is 25.2. The van der Waals surface area contributed by atoms with Crippen LogP contribution in [0.2, 0.25) is 0 Å². The number of carbonyl (C=O) groups excluding carboxylic acids is 2. The zero-order valence-corrected chi connectivity index (χ0v) is 34.0. The number of hydrogen-bond donors (Lipinski definition) is 0. The van der Waals surface area contributed by atoms with Crippen LogP contribution in [-0.2, 0) is 19.6 Å². The standard InChI is InChI=1S/C40H66O7S.Na/c1-3-5-7-9-11-13-15-17-19-21-23-25-27-29-34-46-39(41)36-32-31-33-37(48(43,44)45)38(36)40(42)47-35-30-28-26-24-22-20-18-16-14-12-10-8-6-4-2;/h15-18,31-33H,3-14,19-30,34-35H2,1-2H3,(H,43,44,45);/q;+1/p-1/b17-15+,18-16+;. The van der Waals surface area contributed by atoms with E-state index in [1.54, 1.807) is 0 Å². The molecule has 0 spiro atoms. The van der Waals surface area contributed by atoms with Crippen LogP contribution in [0.3, 0.4) is 0 Å². The van der Waals surface area contributed by atoms with Gasteiger partial charge in [0.25, 0.3) is 0 Å². The first-order valence-electron chi connectivity index (χ1n) is 19.1. The van der Waals surface area contributed by atoms with E-state index < -0.39 is 32.5 Å². The van der Waals surface area contributed by atoms with Gasteiger partial charge in [-0.1, -0.05) is 134 Å². The molecular formula is C40H65NaO7S. The van der Waals surface area contributed by atoms with Crippen molar-refractivity contribution in [2.45, 2.75) is 173 Å². The minimum Gasteiger partial charge on any atom is -0.744 e. The maximum absolute atomic E-state index is 12.9. The third-order valence-corrected chi connectivity index (χ3v) is 9.38. The Morgan fingerprint density at radius 2 is 0.939 bits per heavy atom. The minimum atomic E-state index is -5.01. The van der Waals surface area contributed by atoms with E-state index in [4.69, 9.17) is 9.47 Å². The molecule has 49 heavy (non-hydrogen) atoms. The van der Waals surface area contributed by atoms with Gasteiger partial charge in [-0.25, -0.2) is 18.0 Å². The Labute approximate surface area is 321 Å². The Bertz CT molecular complexity index is 1150. The zero-order chi connectivity index (χ0) is 35.1. The molecule has 7 nitrogen and oxygen atoms in total. The van der Waals surface area contributed by atoms with Crippen LogP contribution in [0, 0.1) is 0 Å². The van der Waals surface area contributed by atoms with E-state index >= 15 is 0 Å². The quantitative estimate of drug-likeness (QED) is 0.0250. The van der Waals surface area contributed by atoms with Gasteiger partial charge in [-0.3, -0.25) is 0 Å². The summed E-state index contributed by atoms with van der Waals surface area (Å²) in [5.74, 6) is -1.83. The van der Waals surface area contributed by atoms with Crippen LogP contribution in [0.25, 0.3) is 0 Å². The molecule has 0 radical (unpaired) electrons. The van der Waals surface area contributed by atoms with E-state index in [-0.39, 0.29) is 48.3 Å². The fraction of sp³-hybridized carbons (Fsp3) is 0.700. The van der Waals surface area contributed by atoms with Crippen LogP contribution in [-0.4, -0.2) is 38.1 Å². The fourth-order valence-electron chi connectivity index (χ4n) is 5.59. The average Bonchev–Trinajstić information content (AvgIpc) is 3.07. The van der Waals surface area contributed by atoms with Crippen molar-refractivity contribution in [3.05, 3.63) is 53.6 Å². The number of unbranched alkanes of at least 4 members (excludes halogenated alkanes) is 20. The van der Waals surface area contributed by atoms with E-state index in [0.717, 1.165) is 83.1 Å². The van der Waals surface area contributed by atoms with Crippen molar-refractivity contribution < 1.29 is 61.6 Å². The van der Waals surface area contributed by atoms with Gasteiger partial charge in [0.05, 0.1) is 29.2 Å². The molecule has 9 heteroatoms. The summed E-state index contributed by atoms with van der Waals surface area (Å²) in [5, 5.41) is 0. The van der Waals surface area contributed by atoms with Crippen LogP contribution in [0.5, 0.6) is 0 Å². The van der Waals surface area contributed by atoms with Crippen LogP contribution in [0.15, 0.2) is 47.4 Å². The molecule has 0 fully saturated rings. The summed E-state index contributed by atoms with van der Waals surface area (Å²) in [5.41, 5.74) is -0.799. The molecule has 0 aliphatic heterocycles. The second-order valence-electron chi connectivity index (χ2n) is 12.9. The van der Waals surface area contributed by atoms with Crippen molar-refractivity contribution in [2.75, 3.05) is 13.2 Å². The van der Waals surface area contributed by atoms with Crippen molar-refractivity contribution in [1.29, 1.82) is 0 Å². The predicted octanol–water partition coefficient (Wildman–Crippen LogP) is 8.42. The zero-order valence-electron chi connectivity index (χ0n) is 31.2. The minimum absolute atomic E-state index is 0. The predicted molar refractivity (Wildman–Crippen MR) is 195 cm³/mol. The first-order chi connectivity index (χ1) is 23.3. The van der Waals surface area contributed by atoms with Crippen LogP contribution >= 0.6 is 0 Å². The summed E-state index contributed by atoms with van der Waals surface area (Å²) in [4.78, 5) is 25.0. The number of ether oxygens (including phenoxy) is 2. The molecule has 0 N–H and O–H groups in total. The van der Waals surface area contributed by atoms with E-state index in [9.17, 15) is 22.6 Å². The van der Waals surface area contributed by atoms with Gasteiger partial charge in [0.1, 0.15) is 10.1 Å². The van der Waals surface area contributed by atoms with Crippen LogP contribution in [0.4, 0.5) is 0 Å². The van der Waals surface area contributed by atoms with Crippen molar-refractivity contribution in [3.63, 3.8) is 0 Å². The SMILES string of the molecule is CCCCCCC/C=C/CCCCCCCOC(=O)c1cccc(S(=O)(=O)[O-])c1C(=O)OCCCCCCC/C=C/CCCCCCC.[Na+]. The number of allylic oxidation sites excluding steroid dienone is 4. The van der Waals surface area contributed by atoms with Crippen LogP contribution < -0.4 is 29.6 Å². The van der Waals surface area contributed by atoms with Crippen molar-refractivity contribution in [2.24, 2.45) is 0 Å². The number of benzene rings is 1. The number of esters is 2. The molecule has 0 aromatic heterocycles. The van der Waals surface area contributed by atoms with Crippen molar-refractivity contribution >= 4 is 22.1 Å². The van der Waals surface area contributed by atoms with E-state index in [2.05, 4.69) is 38.2 Å². The summed E-state index contributed by atoms with van der Waals surface area (Å²) < 4.78 is 46.5. The fourth-order valence-corrected chi connectivity index (χ4v) is 6.28. The van der Waals surface area contributed by atoms with Gasteiger partial charge in [0.15, 0.2) is 0 Å². The number of rotatable bonds is 31. The van der Waals surface area contributed by atoms with Crippen molar-refractivity contribution in [3.8, 4) is 0 Å². The number of carbonyl (C=O) groups is 2. The Morgan fingerprint density at radius 1 is 0.571 bits per heavy atom. The van der Waals surface area contributed by atoms with Gasteiger partial charge in [-0.15, -0.1) is 0 Å². The van der Waals surface area contributed by atoms with E-state index in [0.29, 0.717) is 12.8 Å². The average molecular weight is 713 g/mol. The number of hydrogen-bond acceptors (Lipinski definition) is 7. The molecule has 0 saturated carbocycles. The van der Waals surface area contributed by atoms with Gasteiger partial charge in [0.2, 0.25) is 0 Å². The maximum Gasteiger partial charge on any atom is 1.00 e. The van der Waals surface area contributed by atoms with Gasteiger partial charge < -0.3 is 14.0 Å². The van der Waals surface area contributed by atoms with E-state index in [1.165, 1.54) is 76.3 Å². The molecule has 0 unspecified atom stereocenters. The molecular weight excluding hydrogens is 647 g/mol. The third-order valence-electron chi connectivity index (χ3n) is 8.50. The van der Waals surface area contributed by atoms with Gasteiger partial charge >= 0.3 is 41.5 Å². The monoisotopic (exact) mass is 712 g/mol. The Balaban J connectivity index is 0.0000230. The Kier molecular flexibility index (Phi) is 31.5. The molecule has 0 aliphatic carbocycles. The first kappa shape index (κ1) is 47.5. The second-order valence-corrected chi connectivity index (χ2v) is 14.2. The molecule has 0 amide bonds. The molecule has 0 aliphatic rings.